The number of carbonyl (C=O) groups is 1. The van der Waals surface area contributed by atoms with Crippen LogP contribution >= 0.6 is 0 Å². The molecule has 0 spiro atoms. The van der Waals surface area contributed by atoms with Gasteiger partial charge in [-0.1, -0.05) is 0 Å². The van der Waals surface area contributed by atoms with Crippen molar-refractivity contribution < 1.29 is 15.0 Å². The molecule has 1 aromatic heterocycles. The van der Waals surface area contributed by atoms with Crippen LogP contribution in [0.25, 0.3) is 0 Å². The first-order valence-corrected chi connectivity index (χ1v) is 4.07. The molecule has 1 aromatic rings. The lowest BCUT2D eigenvalue weighted by molar-refractivity contribution is 0.0696. The van der Waals surface area contributed by atoms with Gasteiger partial charge < -0.3 is 15.9 Å². The number of aromatic nitrogens is 1. The number of carboxylic acid groups (broad SMARTS) is 1. The van der Waals surface area contributed by atoms with Crippen molar-refractivity contribution >= 4 is 5.97 Å². The van der Waals surface area contributed by atoms with Gasteiger partial charge >= 0.3 is 5.97 Å². The summed E-state index contributed by atoms with van der Waals surface area (Å²) >= 11 is 0. The number of rotatable bonds is 3. The average Bonchev–Trinajstić information content (AvgIpc) is 2.18. The van der Waals surface area contributed by atoms with Gasteiger partial charge in [0.05, 0.1) is 23.4 Å². The number of carboxylic acids is 1. The van der Waals surface area contributed by atoms with Crippen LogP contribution in [0.5, 0.6) is 0 Å². The second kappa shape index (κ2) is 3.73. The lowest BCUT2D eigenvalue weighted by atomic mass is 9.98. The van der Waals surface area contributed by atoms with Gasteiger partial charge in [0.2, 0.25) is 0 Å². The van der Waals surface area contributed by atoms with Gasteiger partial charge in [0.15, 0.2) is 0 Å². The minimum absolute atomic E-state index is 0.111. The molecule has 0 aliphatic rings. The largest absolute Gasteiger partial charge is 0.478 e. The molecule has 0 aliphatic heterocycles. The van der Waals surface area contributed by atoms with Crippen molar-refractivity contribution in [2.24, 2.45) is 5.73 Å². The van der Waals surface area contributed by atoms with Crippen molar-refractivity contribution in [3.8, 4) is 0 Å². The van der Waals surface area contributed by atoms with Crippen molar-refractivity contribution in [3.63, 3.8) is 0 Å². The van der Waals surface area contributed by atoms with E-state index in [2.05, 4.69) is 4.98 Å². The van der Waals surface area contributed by atoms with E-state index in [9.17, 15) is 4.79 Å². The van der Waals surface area contributed by atoms with Crippen molar-refractivity contribution in [2.45, 2.75) is 12.5 Å². The molecule has 0 aliphatic carbocycles. The molecule has 0 radical (unpaired) electrons. The molecule has 14 heavy (non-hydrogen) atoms. The number of pyridine rings is 1. The Morgan fingerprint density at radius 3 is 2.86 bits per heavy atom. The molecule has 5 heteroatoms. The first-order valence-electron chi connectivity index (χ1n) is 4.07. The Morgan fingerprint density at radius 1 is 1.71 bits per heavy atom. The molecule has 76 valence electrons. The van der Waals surface area contributed by atoms with Crippen LogP contribution in [0.2, 0.25) is 0 Å². The molecule has 0 fully saturated rings. The molecule has 0 bridgehead atoms. The zero-order valence-electron chi connectivity index (χ0n) is 7.77. The maximum Gasteiger partial charge on any atom is 0.335 e. The van der Waals surface area contributed by atoms with Crippen LogP contribution in [-0.2, 0) is 5.54 Å². The van der Waals surface area contributed by atoms with Gasteiger partial charge in [-0.3, -0.25) is 4.98 Å². The summed E-state index contributed by atoms with van der Waals surface area (Å²) in [6.07, 6.45) is 1.36. The number of aliphatic hydroxyl groups excluding tert-OH is 1. The Labute approximate surface area is 81.2 Å². The molecule has 0 saturated carbocycles. The number of hydrogen-bond acceptors (Lipinski definition) is 4. The molecular weight excluding hydrogens is 184 g/mol. The highest BCUT2D eigenvalue weighted by Crippen LogP contribution is 2.15. The van der Waals surface area contributed by atoms with Gasteiger partial charge in [-0.2, -0.15) is 0 Å². The smallest absolute Gasteiger partial charge is 0.335 e. The Balaban J connectivity index is 3.12. The van der Waals surface area contributed by atoms with Gasteiger partial charge in [0, 0.05) is 6.20 Å². The first-order chi connectivity index (χ1) is 6.47. The van der Waals surface area contributed by atoms with Gasteiger partial charge in [0.25, 0.3) is 0 Å². The minimum Gasteiger partial charge on any atom is -0.478 e. The van der Waals surface area contributed by atoms with Gasteiger partial charge in [0.1, 0.15) is 0 Å². The lowest BCUT2D eigenvalue weighted by Crippen LogP contribution is -2.38. The van der Waals surface area contributed by atoms with E-state index in [1.807, 2.05) is 0 Å². The summed E-state index contributed by atoms with van der Waals surface area (Å²) in [5, 5.41) is 17.7. The summed E-state index contributed by atoms with van der Waals surface area (Å²) in [4.78, 5) is 14.6. The minimum atomic E-state index is -1.04. The van der Waals surface area contributed by atoms with Gasteiger partial charge in [-0.25, -0.2) is 4.79 Å². The van der Waals surface area contributed by atoms with Crippen molar-refractivity contribution in [1.29, 1.82) is 0 Å². The number of nitrogens with zero attached hydrogens (tertiary/aromatic N) is 1. The molecule has 0 saturated heterocycles. The summed E-state index contributed by atoms with van der Waals surface area (Å²) in [5.41, 5.74) is 5.16. The second-order valence-corrected chi connectivity index (χ2v) is 3.31. The third-order valence-corrected chi connectivity index (χ3v) is 1.92. The number of nitrogens with two attached hydrogens (primary N) is 1. The Bertz CT molecular complexity index is 350. The standard InChI is InChI=1S/C9H12N2O3/c1-9(10,5-12)7-4-6(8(13)14)2-3-11-7/h2-4,12H,5,10H2,1H3,(H,13,14)/t9-/m1/s1. The van der Waals surface area contributed by atoms with E-state index in [1.54, 1.807) is 6.92 Å². The van der Waals surface area contributed by atoms with E-state index in [1.165, 1.54) is 18.3 Å². The highest BCUT2D eigenvalue weighted by molar-refractivity contribution is 5.87. The maximum absolute atomic E-state index is 10.6. The molecule has 0 unspecified atom stereocenters. The number of hydrogen-bond donors (Lipinski definition) is 3. The Kier molecular flexibility index (Phi) is 2.83. The first kappa shape index (κ1) is 10.6. The molecular formula is C9H12N2O3. The predicted molar refractivity (Wildman–Crippen MR) is 49.8 cm³/mol. The molecule has 0 aromatic carbocycles. The van der Waals surface area contributed by atoms with Gasteiger partial charge in [-0.15, -0.1) is 0 Å². The van der Waals surface area contributed by atoms with Crippen molar-refractivity contribution in [3.05, 3.63) is 29.6 Å². The summed E-state index contributed by atoms with van der Waals surface area (Å²) < 4.78 is 0. The van der Waals surface area contributed by atoms with Crippen LogP contribution in [0.15, 0.2) is 18.3 Å². The summed E-state index contributed by atoms with van der Waals surface area (Å²) in [5.74, 6) is -1.04. The fourth-order valence-corrected chi connectivity index (χ4v) is 0.957. The van der Waals surface area contributed by atoms with E-state index >= 15 is 0 Å². The monoisotopic (exact) mass is 196 g/mol. The Morgan fingerprint density at radius 2 is 2.36 bits per heavy atom. The normalized spacial score (nSPS) is 14.8. The highest BCUT2D eigenvalue weighted by atomic mass is 16.4. The van der Waals surface area contributed by atoms with Crippen LogP contribution in [0.1, 0.15) is 23.0 Å². The summed E-state index contributed by atoms with van der Waals surface area (Å²) in [6, 6.07) is 2.73. The quantitative estimate of drug-likeness (QED) is 0.629. The van der Waals surface area contributed by atoms with E-state index in [0.717, 1.165) is 0 Å². The molecule has 4 N–H and O–H groups in total. The van der Waals surface area contributed by atoms with E-state index in [0.29, 0.717) is 5.69 Å². The summed E-state index contributed by atoms with van der Waals surface area (Å²) in [7, 11) is 0. The zero-order chi connectivity index (χ0) is 10.8. The third kappa shape index (κ3) is 2.07. The summed E-state index contributed by atoms with van der Waals surface area (Å²) in [6.45, 7) is 1.30. The van der Waals surface area contributed by atoms with Gasteiger partial charge in [-0.05, 0) is 19.1 Å². The second-order valence-electron chi connectivity index (χ2n) is 3.31. The predicted octanol–water partition coefficient (Wildman–Crippen LogP) is -0.0540. The third-order valence-electron chi connectivity index (χ3n) is 1.92. The lowest BCUT2D eigenvalue weighted by Gasteiger charge is -2.20. The highest BCUT2D eigenvalue weighted by Gasteiger charge is 2.22. The fourth-order valence-electron chi connectivity index (χ4n) is 0.957. The van der Waals surface area contributed by atoms with Crippen molar-refractivity contribution in [2.75, 3.05) is 6.61 Å². The number of aliphatic hydroxyl groups is 1. The molecule has 5 nitrogen and oxygen atoms in total. The van der Waals surface area contributed by atoms with E-state index in [4.69, 9.17) is 15.9 Å². The SMILES string of the molecule is C[C@@](N)(CO)c1cc(C(=O)O)ccn1. The molecule has 1 heterocycles. The average molecular weight is 196 g/mol. The van der Waals surface area contributed by atoms with E-state index in [-0.39, 0.29) is 12.2 Å². The maximum atomic E-state index is 10.6. The van der Waals surface area contributed by atoms with Crippen LogP contribution in [0, 0.1) is 0 Å². The van der Waals surface area contributed by atoms with Crippen LogP contribution in [-0.4, -0.2) is 27.8 Å². The van der Waals surface area contributed by atoms with E-state index < -0.39 is 11.5 Å². The number of aromatic carboxylic acids is 1. The fraction of sp³-hybridized carbons (Fsp3) is 0.333. The molecule has 0 amide bonds. The Hall–Kier alpha value is -1.46. The topological polar surface area (TPSA) is 96.4 Å². The zero-order valence-corrected chi connectivity index (χ0v) is 7.77. The molecule has 1 atom stereocenters. The van der Waals surface area contributed by atoms with Crippen molar-refractivity contribution in [1.82, 2.24) is 4.98 Å². The van der Waals surface area contributed by atoms with Crippen LogP contribution in [0.3, 0.4) is 0 Å². The van der Waals surface area contributed by atoms with Crippen LogP contribution in [0.4, 0.5) is 0 Å². The van der Waals surface area contributed by atoms with Crippen LogP contribution < -0.4 is 5.73 Å². The molecule has 1 rings (SSSR count).